The maximum absolute atomic E-state index is 11.7. The Morgan fingerprint density at radius 2 is 2.25 bits per heavy atom. The molecular formula is C13H14O3. The lowest BCUT2D eigenvalue weighted by Crippen LogP contribution is -1.98. The lowest BCUT2D eigenvalue weighted by molar-refractivity contribution is 0.0946. The fourth-order valence-electron chi connectivity index (χ4n) is 1.71. The van der Waals surface area contributed by atoms with Gasteiger partial charge in [-0.25, -0.2) is 0 Å². The number of rotatable bonds is 4. The van der Waals surface area contributed by atoms with Gasteiger partial charge in [0, 0.05) is 18.4 Å². The summed E-state index contributed by atoms with van der Waals surface area (Å²) in [6, 6.07) is 7.58. The highest BCUT2D eigenvalue weighted by molar-refractivity contribution is 5.98. The molecule has 0 unspecified atom stereocenters. The zero-order valence-corrected chi connectivity index (χ0v) is 9.19. The van der Waals surface area contributed by atoms with Crippen molar-refractivity contribution >= 4 is 16.8 Å². The monoisotopic (exact) mass is 218 g/mol. The molecule has 0 atom stereocenters. The van der Waals surface area contributed by atoms with Crippen LogP contribution in [0.2, 0.25) is 0 Å². The fourth-order valence-corrected chi connectivity index (χ4v) is 1.71. The Morgan fingerprint density at radius 3 is 2.94 bits per heavy atom. The summed E-state index contributed by atoms with van der Waals surface area (Å²) in [5.41, 5.74) is 1.80. The average molecular weight is 218 g/mol. The third kappa shape index (κ3) is 1.99. The van der Waals surface area contributed by atoms with Gasteiger partial charge in [0.2, 0.25) is 0 Å². The van der Waals surface area contributed by atoms with Gasteiger partial charge in [-0.2, -0.15) is 0 Å². The minimum atomic E-state index is -0.0512. The molecule has 0 amide bonds. The summed E-state index contributed by atoms with van der Waals surface area (Å²) in [6.45, 7) is 1.98. The van der Waals surface area contributed by atoms with Gasteiger partial charge in [0.1, 0.15) is 5.58 Å². The van der Waals surface area contributed by atoms with Gasteiger partial charge < -0.3 is 9.52 Å². The largest absolute Gasteiger partial charge is 0.453 e. The summed E-state index contributed by atoms with van der Waals surface area (Å²) in [7, 11) is 0. The first kappa shape index (κ1) is 10.9. The van der Waals surface area contributed by atoms with Crippen LogP contribution in [0.1, 0.15) is 29.0 Å². The van der Waals surface area contributed by atoms with E-state index in [9.17, 15) is 4.79 Å². The molecule has 84 valence electrons. The van der Waals surface area contributed by atoms with Crippen molar-refractivity contribution in [3.05, 3.63) is 35.6 Å². The first-order valence-electron chi connectivity index (χ1n) is 5.35. The van der Waals surface area contributed by atoms with Crippen molar-refractivity contribution in [2.45, 2.75) is 19.8 Å². The van der Waals surface area contributed by atoms with E-state index in [1.165, 1.54) is 0 Å². The second-order valence-corrected chi connectivity index (χ2v) is 3.85. The van der Waals surface area contributed by atoms with Crippen LogP contribution in [-0.2, 0) is 0 Å². The quantitative estimate of drug-likeness (QED) is 0.803. The molecule has 3 heteroatoms. The number of para-hydroxylation sites is 1. The summed E-state index contributed by atoms with van der Waals surface area (Å²) >= 11 is 0. The number of carbonyl (C=O) groups excluding carboxylic acids is 1. The van der Waals surface area contributed by atoms with E-state index in [1.807, 2.05) is 25.1 Å². The second kappa shape index (κ2) is 4.49. The first-order chi connectivity index (χ1) is 7.72. The number of hydrogen-bond acceptors (Lipinski definition) is 3. The van der Waals surface area contributed by atoms with Gasteiger partial charge in [0.05, 0.1) is 0 Å². The Hall–Kier alpha value is -1.61. The van der Waals surface area contributed by atoms with Crippen molar-refractivity contribution < 1.29 is 14.3 Å². The van der Waals surface area contributed by atoms with Crippen LogP contribution in [-0.4, -0.2) is 17.5 Å². The molecule has 1 N–H and O–H groups in total. The van der Waals surface area contributed by atoms with E-state index in [0.29, 0.717) is 18.6 Å². The molecule has 0 saturated carbocycles. The Balaban J connectivity index is 2.32. The number of carbonyl (C=O) groups is 1. The number of ketones is 1. The summed E-state index contributed by atoms with van der Waals surface area (Å²) in [4.78, 5) is 11.7. The number of aryl methyl sites for hydroxylation is 1. The third-order valence-electron chi connectivity index (χ3n) is 2.58. The van der Waals surface area contributed by atoms with Crippen LogP contribution < -0.4 is 0 Å². The van der Waals surface area contributed by atoms with Crippen LogP contribution in [0.3, 0.4) is 0 Å². The second-order valence-electron chi connectivity index (χ2n) is 3.85. The predicted molar refractivity (Wildman–Crippen MR) is 61.6 cm³/mol. The fraction of sp³-hybridized carbons (Fsp3) is 0.308. The summed E-state index contributed by atoms with van der Waals surface area (Å²) in [6.07, 6.45) is 0.810. The van der Waals surface area contributed by atoms with Crippen molar-refractivity contribution in [1.29, 1.82) is 0 Å². The number of hydrogen-bond donors (Lipinski definition) is 1. The zero-order valence-electron chi connectivity index (χ0n) is 9.19. The maximum Gasteiger partial charge on any atom is 0.198 e. The highest BCUT2D eigenvalue weighted by Crippen LogP contribution is 2.23. The Kier molecular flexibility index (Phi) is 3.06. The van der Waals surface area contributed by atoms with Gasteiger partial charge in [-0.05, 0) is 25.0 Å². The molecular weight excluding hydrogens is 204 g/mol. The van der Waals surface area contributed by atoms with Crippen molar-refractivity contribution in [3.63, 3.8) is 0 Å². The summed E-state index contributed by atoms with van der Waals surface area (Å²) in [5, 5.41) is 9.61. The van der Waals surface area contributed by atoms with Crippen molar-refractivity contribution in [3.8, 4) is 0 Å². The molecule has 1 aromatic heterocycles. The average Bonchev–Trinajstić information content (AvgIpc) is 2.71. The molecule has 1 aromatic carbocycles. The van der Waals surface area contributed by atoms with Gasteiger partial charge in [0.15, 0.2) is 11.5 Å². The van der Waals surface area contributed by atoms with E-state index >= 15 is 0 Å². The lowest BCUT2D eigenvalue weighted by atomic mass is 10.1. The predicted octanol–water partition coefficient (Wildman–Crippen LogP) is 2.70. The number of fused-ring (bicyclic) bond motifs is 1. The van der Waals surface area contributed by atoms with E-state index < -0.39 is 0 Å². The smallest absolute Gasteiger partial charge is 0.198 e. The number of Topliss-reactive ketones (excluding diaryl/α,β-unsaturated/α-hetero) is 1. The SMILES string of the molecule is Cc1cccc2cc(C(=O)CCCO)oc12. The molecule has 2 rings (SSSR count). The van der Waals surface area contributed by atoms with Crippen molar-refractivity contribution in [1.82, 2.24) is 0 Å². The van der Waals surface area contributed by atoms with Gasteiger partial charge in [0.25, 0.3) is 0 Å². The van der Waals surface area contributed by atoms with Gasteiger partial charge in [-0.15, -0.1) is 0 Å². The van der Waals surface area contributed by atoms with E-state index in [-0.39, 0.29) is 12.4 Å². The number of aliphatic hydroxyl groups is 1. The van der Waals surface area contributed by atoms with Gasteiger partial charge >= 0.3 is 0 Å². The molecule has 0 spiro atoms. The van der Waals surface area contributed by atoms with Crippen LogP contribution >= 0.6 is 0 Å². The van der Waals surface area contributed by atoms with Crippen molar-refractivity contribution in [2.75, 3.05) is 6.61 Å². The Morgan fingerprint density at radius 1 is 1.44 bits per heavy atom. The highest BCUT2D eigenvalue weighted by atomic mass is 16.3. The number of furan rings is 1. The standard InChI is InChI=1S/C13H14O3/c1-9-4-2-5-10-8-12(16-13(9)10)11(15)6-3-7-14/h2,4-5,8,14H,3,6-7H2,1H3. The van der Waals surface area contributed by atoms with E-state index in [0.717, 1.165) is 16.5 Å². The number of aliphatic hydroxyl groups excluding tert-OH is 1. The zero-order chi connectivity index (χ0) is 11.5. The minimum absolute atomic E-state index is 0.0327. The molecule has 0 aliphatic heterocycles. The molecule has 0 aliphatic rings. The molecule has 0 fully saturated rings. The topological polar surface area (TPSA) is 50.4 Å². The third-order valence-corrected chi connectivity index (χ3v) is 2.58. The van der Waals surface area contributed by atoms with Crippen LogP contribution in [0.5, 0.6) is 0 Å². The molecule has 1 heterocycles. The Labute approximate surface area is 93.7 Å². The molecule has 0 radical (unpaired) electrons. The molecule has 16 heavy (non-hydrogen) atoms. The molecule has 3 nitrogen and oxygen atoms in total. The van der Waals surface area contributed by atoms with Crippen LogP contribution in [0.25, 0.3) is 11.0 Å². The minimum Gasteiger partial charge on any atom is -0.453 e. The molecule has 0 bridgehead atoms. The summed E-state index contributed by atoms with van der Waals surface area (Å²) < 4.78 is 5.53. The van der Waals surface area contributed by atoms with Gasteiger partial charge in [-0.1, -0.05) is 18.2 Å². The number of benzene rings is 1. The maximum atomic E-state index is 11.7. The summed E-state index contributed by atoms with van der Waals surface area (Å²) in [5.74, 6) is 0.336. The van der Waals surface area contributed by atoms with Crippen LogP contribution in [0.4, 0.5) is 0 Å². The lowest BCUT2D eigenvalue weighted by Gasteiger charge is -1.94. The normalized spacial score (nSPS) is 10.9. The van der Waals surface area contributed by atoms with Crippen LogP contribution in [0, 0.1) is 6.92 Å². The van der Waals surface area contributed by atoms with E-state index in [4.69, 9.17) is 9.52 Å². The molecule has 0 saturated heterocycles. The van der Waals surface area contributed by atoms with Gasteiger partial charge in [-0.3, -0.25) is 4.79 Å². The first-order valence-corrected chi connectivity index (χ1v) is 5.35. The van der Waals surface area contributed by atoms with E-state index in [1.54, 1.807) is 6.07 Å². The van der Waals surface area contributed by atoms with E-state index in [2.05, 4.69) is 0 Å². The van der Waals surface area contributed by atoms with Crippen molar-refractivity contribution in [2.24, 2.45) is 0 Å². The molecule has 0 aliphatic carbocycles. The highest BCUT2D eigenvalue weighted by Gasteiger charge is 2.12. The van der Waals surface area contributed by atoms with Crippen LogP contribution in [0.15, 0.2) is 28.7 Å². The molecule has 2 aromatic rings. The Bertz CT molecular complexity index is 511.